The van der Waals surface area contributed by atoms with Crippen molar-refractivity contribution in [2.75, 3.05) is 19.6 Å². The Morgan fingerprint density at radius 1 is 0.909 bits per heavy atom. The van der Waals surface area contributed by atoms with Crippen molar-refractivity contribution in [3.8, 4) is 0 Å². The van der Waals surface area contributed by atoms with E-state index in [0.29, 0.717) is 43.7 Å². The number of rotatable bonds is 15. The van der Waals surface area contributed by atoms with E-state index >= 15 is 0 Å². The molecule has 0 radical (unpaired) electrons. The molecule has 1 atom stereocenters. The summed E-state index contributed by atoms with van der Waals surface area (Å²) in [5, 5.41) is 9.97. The summed E-state index contributed by atoms with van der Waals surface area (Å²) in [7, 11) is -0.203. The van der Waals surface area contributed by atoms with Crippen molar-refractivity contribution in [2.24, 2.45) is 25.9 Å². The molecule has 0 saturated carbocycles. The van der Waals surface area contributed by atoms with E-state index in [2.05, 4.69) is 47.5 Å². The van der Waals surface area contributed by atoms with Gasteiger partial charge < -0.3 is 9.32 Å². The molecule has 4 aromatic rings. The number of hydrogen-bond acceptors (Lipinski definition) is 7. The third-order valence-electron chi connectivity index (χ3n) is 7.65. The number of nitrogens with one attached hydrogen (secondary N) is 1. The van der Waals surface area contributed by atoms with Gasteiger partial charge in [0.15, 0.2) is 0 Å². The quantitative estimate of drug-likeness (QED) is 0.208. The fourth-order valence-electron chi connectivity index (χ4n) is 5.36. The molecule has 0 fully saturated rings. The molecule has 0 aliphatic rings. The molecule has 0 spiro atoms. The monoisotopic (exact) mass is 625 g/mol. The van der Waals surface area contributed by atoms with Crippen LogP contribution in [-0.2, 0) is 42.0 Å². The van der Waals surface area contributed by atoms with Gasteiger partial charge in [-0.3, -0.25) is 19.1 Å². The molecule has 0 aliphatic carbocycles. The number of sulfonamides is 1. The number of carbonyl (C=O) groups excluding carboxylic acids is 1. The minimum atomic E-state index is -4.02. The summed E-state index contributed by atoms with van der Waals surface area (Å²) in [6.45, 7) is 14.8. The number of aryl methyl sites for hydroxylation is 4. The highest BCUT2D eigenvalue weighted by atomic mass is 32.2. The second kappa shape index (κ2) is 14.1. The molecule has 44 heavy (non-hydrogen) atoms. The summed E-state index contributed by atoms with van der Waals surface area (Å²) in [6, 6.07) is 9.56. The fourth-order valence-corrected chi connectivity index (χ4v) is 6.62. The Labute approximate surface area is 261 Å². The molecule has 240 valence electrons. The lowest BCUT2D eigenvalue weighted by Crippen LogP contribution is -2.51. The van der Waals surface area contributed by atoms with Crippen molar-refractivity contribution in [2.45, 2.75) is 72.0 Å². The number of hydrogen-bond donors (Lipinski definition) is 1. The van der Waals surface area contributed by atoms with Gasteiger partial charge in [-0.15, -0.1) is 0 Å². The highest BCUT2D eigenvalue weighted by molar-refractivity contribution is 7.89. The molecule has 0 bridgehead atoms. The zero-order chi connectivity index (χ0) is 32.2. The van der Waals surface area contributed by atoms with Gasteiger partial charge in [0.05, 0.1) is 22.5 Å². The maximum Gasteiger partial charge on any atom is 0.241 e. The number of aromatic nitrogens is 4. The lowest BCUT2D eigenvalue weighted by atomic mass is 10.1. The third-order valence-corrected chi connectivity index (χ3v) is 9.12. The molecule has 3 heterocycles. The molecule has 0 unspecified atom stereocenters. The maximum atomic E-state index is 14.2. The summed E-state index contributed by atoms with van der Waals surface area (Å²) in [4.78, 5) is 18.2. The van der Waals surface area contributed by atoms with E-state index in [4.69, 9.17) is 4.42 Å². The first-order valence-corrected chi connectivity index (χ1v) is 16.7. The molecule has 12 heteroatoms. The van der Waals surface area contributed by atoms with Crippen LogP contribution in [-0.4, -0.2) is 69.4 Å². The van der Waals surface area contributed by atoms with E-state index in [1.54, 1.807) is 23.1 Å². The number of carbonyl (C=O) groups is 1. The predicted molar refractivity (Wildman–Crippen MR) is 171 cm³/mol. The van der Waals surface area contributed by atoms with E-state index in [9.17, 15) is 13.2 Å². The Morgan fingerprint density at radius 3 is 1.98 bits per heavy atom. The highest BCUT2D eigenvalue weighted by Gasteiger charge is 2.31. The van der Waals surface area contributed by atoms with Crippen molar-refractivity contribution < 1.29 is 17.6 Å². The summed E-state index contributed by atoms with van der Waals surface area (Å²) < 4.78 is 39.3. The number of fused-ring (bicyclic) bond motifs is 1. The summed E-state index contributed by atoms with van der Waals surface area (Å²) >= 11 is 0. The number of furan rings is 1. The van der Waals surface area contributed by atoms with Crippen LogP contribution in [0.5, 0.6) is 0 Å². The van der Waals surface area contributed by atoms with Crippen molar-refractivity contribution in [1.29, 1.82) is 0 Å². The number of nitrogens with zero attached hydrogens (tertiary/aromatic N) is 6. The van der Waals surface area contributed by atoms with Gasteiger partial charge in [-0.1, -0.05) is 27.7 Å². The Bertz CT molecular complexity index is 1570. The Kier molecular flexibility index (Phi) is 10.7. The van der Waals surface area contributed by atoms with Crippen LogP contribution in [0, 0.1) is 25.7 Å². The topological polar surface area (TPSA) is 118 Å². The lowest BCUT2D eigenvalue weighted by Gasteiger charge is -2.31. The molecule has 11 nitrogen and oxygen atoms in total. The SMILES string of the molecule is Cc1cc(CN(CC[C@H](NS(=O)(=O)c2ccc3occc3c2)C(=O)N(CC(C)C)CC(C)C)Cc2cc(C)n(C)n2)nn1C. The predicted octanol–water partition coefficient (Wildman–Crippen LogP) is 4.40. The smallest absolute Gasteiger partial charge is 0.241 e. The third kappa shape index (κ3) is 8.58. The second-order valence-corrected chi connectivity index (χ2v) is 14.3. The fraction of sp³-hybridized carbons (Fsp3) is 0.531. The minimum Gasteiger partial charge on any atom is -0.464 e. The highest BCUT2D eigenvalue weighted by Crippen LogP contribution is 2.21. The lowest BCUT2D eigenvalue weighted by molar-refractivity contribution is -0.134. The Balaban J connectivity index is 1.63. The Hall–Kier alpha value is -3.48. The first-order valence-electron chi connectivity index (χ1n) is 15.2. The number of benzene rings is 1. The van der Waals surface area contributed by atoms with E-state index < -0.39 is 16.1 Å². The van der Waals surface area contributed by atoms with Gasteiger partial charge in [0.25, 0.3) is 0 Å². The summed E-state index contributed by atoms with van der Waals surface area (Å²) in [5.41, 5.74) is 4.48. The molecule has 1 N–H and O–H groups in total. The van der Waals surface area contributed by atoms with Crippen LogP contribution in [0.2, 0.25) is 0 Å². The van der Waals surface area contributed by atoms with E-state index in [0.717, 1.165) is 22.8 Å². The normalized spacial score (nSPS) is 13.1. The van der Waals surface area contributed by atoms with Crippen LogP contribution < -0.4 is 4.72 Å². The molecule has 4 rings (SSSR count). The van der Waals surface area contributed by atoms with Gasteiger partial charge in [-0.25, -0.2) is 8.42 Å². The largest absolute Gasteiger partial charge is 0.464 e. The average Bonchev–Trinajstić information content (AvgIpc) is 3.62. The molecule has 1 amide bonds. The van der Waals surface area contributed by atoms with Crippen LogP contribution in [0.3, 0.4) is 0 Å². The van der Waals surface area contributed by atoms with Crippen LogP contribution in [0.1, 0.15) is 56.9 Å². The van der Waals surface area contributed by atoms with E-state index in [-0.39, 0.29) is 29.1 Å². The van der Waals surface area contributed by atoms with Crippen LogP contribution >= 0.6 is 0 Å². The summed E-state index contributed by atoms with van der Waals surface area (Å²) in [6.07, 6.45) is 1.80. The van der Waals surface area contributed by atoms with Gasteiger partial charge in [-0.05, 0) is 68.5 Å². The van der Waals surface area contributed by atoms with E-state index in [1.165, 1.54) is 12.3 Å². The van der Waals surface area contributed by atoms with Gasteiger partial charge in [0.2, 0.25) is 15.9 Å². The molecule has 1 aromatic carbocycles. The standard InChI is InChI=1S/C32H47N7O4S/c1-22(2)18-39(19-23(3)4)32(40)30(35-44(41,42)29-9-10-31-26(17-29)12-14-43-31)11-13-38(20-27-15-24(5)36(7)33-27)21-28-16-25(6)37(8)34-28/h9-10,12,14-17,22-23,30,35H,11,13,18-21H2,1-8H3/t30-/m0/s1. The van der Waals surface area contributed by atoms with Crippen molar-refractivity contribution in [1.82, 2.24) is 34.1 Å². The first-order chi connectivity index (χ1) is 20.7. The van der Waals surface area contributed by atoms with Gasteiger partial charge in [-0.2, -0.15) is 14.9 Å². The van der Waals surface area contributed by atoms with Crippen LogP contribution in [0.4, 0.5) is 0 Å². The van der Waals surface area contributed by atoms with Crippen LogP contribution in [0.15, 0.2) is 52.0 Å². The minimum absolute atomic E-state index is 0.0910. The zero-order valence-electron chi connectivity index (χ0n) is 27.2. The average molecular weight is 626 g/mol. The second-order valence-electron chi connectivity index (χ2n) is 12.6. The maximum absolute atomic E-state index is 14.2. The van der Waals surface area contributed by atoms with Gasteiger partial charge in [0, 0.05) is 63.6 Å². The molecular formula is C32H47N7O4S. The van der Waals surface area contributed by atoms with Gasteiger partial charge in [0.1, 0.15) is 11.6 Å². The van der Waals surface area contributed by atoms with Crippen molar-refractivity contribution >= 4 is 26.9 Å². The molecule has 3 aromatic heterocycles. The van der Waals surface area contributed by atoms with Crippen molar-refractivity contribution in [3.63, 3.8) is 0 Å². The Morgan fingerprint density at radius 2 is 1.48 bits per heavy atom. The molecule has 0 saturated heterocycles. The van der Waals surface area contributed by atoms with Crippen LogP contribution in [0.25, 0.3) is 11.0 Å². The van der Waals surface area contributed by atoms with Crippen molar-refractivity contribution in [3.05, 3.63) is 65.4 Å². The van der Waals surface area contributed by atoms with Gasteiger partial charge >= 0.3 is 0 Å². The summed E-state index contributed by atoms with van der Waals surface area (Å²) in [5.74, 6) is 0.243. The number of amides is 1. The first kappa shape index (κ1) is 33.4. The molecular weight excluding hydrogens is 578 g/mol. The zero-order valence-corrected chi connectivity index (χ0v) is 28.1. The van der Waals surface area contributed by atoms with E-state index in [1.807, 2.05) is 49.4 Å². The molecule has 0 aliphatic heterocycles.